The van der Waals surface area contributed by atoms with Crippen LogP contribution in [-0.4, -0.2) is 22.4 Å². The summed E-state index contributed by atoms with van der Waals surface area (Å²) in [5, 5.41) is 19.4. The molecular weight excluding hydrogens is 176 g/mol. The maximum Gasteiger partial charge on any atom is 0.0827 e. The molecule has 1 aliphatic carbocycles. The molecule has 2 N–H and O–H groups in total. The van der Waals surface area contributed by atoms with Crippen LogP contribution in [0, 0.1) is 11.8 Å². The van der Waals surface area contributed by atoms with Gasteiger partial charge in [0.1, 0.15) is 0 Å². The highest BCUT2D eigenvalue weighted by atomic mass is 16.3. The summed E-state index contributed by atoms with van der Waals surface area (Å²) in [6, 6.07) is 0. The van der Waals surface area contributed by atoms with Gasteiger partial charge in [-0.1, -0.05) is 33.1 Å². The molecule has 0 bridgehead atoms. The van der Waals surface area contributed by atoms with Crippen molar-refractivity contribution in [1.82, 2.24) is 0 Å². The van der Waals surface area contributed by atoms with Crippen molar-refractivity contribution in [3.8, 4) is 0 Å². The van der Waals surface area contributed by atoms with Crippen molar-refractivity contribution in [2.45, 2.75) is 64.6 Å². The Morgan fingerprint density at radius 3 is 2.07 bits per heavy atom. The molecule has 2 unspecified atom stereocenters. The van der Waals surface area contributed by atoms with Crippen molar-refractivity contribution >= 4 is 0 Å². The van der Waals surface area contributed by atoms with E-state index >= 15 is 0 Å². The van der Waals surface area contributed by atoms with Crippen LogP contribution < -0.4 is 0 Å². The summed E-state index contributed by atoms with van der Waals surface area (Å²) in [6.45, 7) is 4.16. The van der Waals surface area contributed by atoms with E-state index in [4.69, 9.17) is 0 Å². The van der Waals surface area contributed by atoms with Crippen LogP contribution in [0.25, 0.3) is 0 Å². The average Bonchev–Trinajstić information content (AvgIpc) is 2.27. The Balaban J connectivity index is 2.33. The molecule has 0 aliphatic heterocycles. The maximum absolute atomic E-state index is 9.85. The lowest BCUT2D eigenvalue weighted by molar-refractivity contribution is -0.0321. The van der Waals surface area contributed by atoms with E-state index in [1.165, 1.54) is 19.3 Å². The third-order valence-electron chi connectivity index (χ3n) is 3.76. The van der Waals surface area contributed by atoms with Crippen LogP contribution in [0.3, 0.4) is 0 Å². The van der Waals surface area contributed by atoms with Crippen molar-refractivity contribution < 1.29 is 10.2 Å². The number of rotatable bonds is 4. The maximum atomic E-state index is 9.85. The van der Waals surface area contributed by atoms with E-state index in [1.54, 1.807) is 0 Å². The Morgan fingerprint density at radius 2 is 1.64 bits per heavy atom. The molecule has 1 aliphatic rings. The minimum absolute atomic E-state index is 0.341. The minimum Gasteiger partial charge on any atom is -0.390 e. The van der Waals surface area contributed by atoms with Gasteiger partial charge in [0.05, 0.1) is 12.2 Å². The quantitative estimate of drug-likeness (QED) is 0.731. The van der Waals surface area contributed by atoms with Gasteiger partial charge in [-0.15, -0.1) is 0 Å². The van der Waals surface area contributed by atoms with Crippen LogP contribution >= 0.6 is 0 Å². The lowest BCUT2D eigenvalue weighted by Crippen LogP contribution is -2.35. The van der Waals surface area contributed by atoms with E-state index in [-0.39, 0.29) is 0 Å². The van der Waals surface area contributed by atoms with Crippen LogP contribution in [0.5, 0.6) is 0 Å². The number of aliphatic hydroxyl groups excluding tert-OH is 2. The highest BCUT2D eigenvalue weighted by molar-refractivity contribution is 4.80. The summed E-state index contributed by atoms with van der Waals surface area (Å²) in [6.07, 6.45) is 5.57. The second-order valence-electron chi connectivity index (χ2n) is 4.66. The first-order chi connectivity index (χ1) is 6.69. The first-order valence-corrected chi connectivity index (χ1v) is 6.05. The van der Waals surface area contributed by atoms with E-state index in [1.807, 2.05) is 6.92 Å². The van der Waals surface area contributed by atoms with Gasteiger partial charge in [0.2, 0.25) is 0 Å². The van der Waals surface area contributed by atoms with Gasteiger partial charge in [0.25, 0.3) is 0 Å². The van der Waals surface area contributed by atoms with Crippen molar-refractivity contribution in [3.05, 3.63) is 0 Å². The molecule has 0 aromatic rings. The van der Waals surface area contributed by atoms with E-state index in [9.17, 15) is 10.2 Å². The zero-order chi connectivity index (χ0) is 10.6. The van der Waals surface area contributed by atoms with Gasteiger partial charge in [-0.3, -0.25) is 0 Å². The van der Waals surface area contributed by atoms with E-state index in [2.05, 4.69) is 6.92 Å². The standard InChI is InChI=1S/C12H24O2/c1-3-9-5-7-10(8-6-9)12(14)11(13)4-2/h9-14H,3-8H2,1-2H3. The molecule has 2 nitrogen and oxygen atoms in total. The first kappa shape index (κ1) is 12.0. The summed E-state index contributed by atoms with van der Waals surface area (Å²) in [5.41, 5.74) is 0. The SMILES string of the molecule is CCC1CCC(C(O)C(O)CC)CC1. The van der Waals surface area contributed by atoms with Crippen molar-refractivity contribution in [3.63, 3.8) is 0 Å². The fourth-order valence-corrected chi connectivity index (χ4v) is 2.49. The third kappa shape index (κ3) is 2.96. The zero-order valence-corrected chi connectivity index (χ0v) is 9.45. The summed E-state index contributed by atoms with van der Waals surface area (Å²) in [5.74, 6) is 1.20. The predicted octanol–water partition coefficient (Wildman–Crippen LogP) is 2.33. The second kappa shape index (κ2) is 5.72. The highest BCUT2D eigenvalue weighted by Crippen LogP contribution is 2.33. The summed E-state index contributed by atoms with van der Waals surface area (Å²) >= 11 is 0. The summed E-state index contributed by atoms with van der Waals surface area (Å²) in [4.78, 5) is 0. The molecule has 0 heterocycles. The molecule has 0 spiro atoms. The molecule has 2 atom stereocenters. The largest absolute Gasteiger partial charge is 0.390 e. The smallest absolute Gasteiger partial charge is 0.0827 e. The second-order valence-corrected chi connectivity index (χ2v) is 4.66. The Hall–Kier alpha value is -0.0800. The van der Waals surface area contributed by atoms with Crippen LogP contribution in [0.15, 0.2) is 0 Å². The highest BCUT2D eigenvalue weighted by Gasteiger charge is 2.29. The molecule has 0 aromatic heterocycles. The van der Waals surface area contributed by atoms with E-state index in [0.717, 1.165) is 18.8 Å². The Morgan fingerprint density at radius 1 is 1.07 bits per heavy atom. The van der Waals surface area contributed by atoms with Crippen LogP contribution in [0.4, 0.5) is 0 Å². The normalized spacial score (nSPS) is 32.6. The first-order valence-electron chi connectivity index (χ1n) is 6.05. The zero-order valence-electron chi connectivity index (χ0n) is 9.45. The van der Waals surface area contributed by atoms with Crippen molar-refractivity contribution in [1.29, 1.82) is 0 Å². The van der Waals surface area contributed by atoms with Gasteiger partial charge in [-0.2, -0.15) is 0 Å². The lowest BCUT2D eigenvalue weighted by atomic mass is 9.77. The molecule has 84 valence electrons. The number of hydrogen-bond donors (Lipinski definition) is 2. The fraction of sp³-hybridized carbons (Fsp3) is 1.00. The van der Waals surface area contributed by atoms with Gasteiger partial charge in [0.15, 0.2) is 0 Å². The van der Waals surface area contributed by atoms with Gasteiger partial charge in [-0.25, -0.2) is 0 Å². The number of hydrogen-bond acceptors (Lipinski definition) is 2. The molecule has 2 heteroatoms. The minimum atomic E-state index is -0.516. The Bertz CT molecular complexity index is 150. The van der Waals surface area contributed by atoms with Crippen LogP contribution in [-0.2, 0) is 0 Å². The third-order valence-corrected chi connectivity index (χ3v) is 3.76. The van der Waals surface area contributed by atoms with Gasteiger partial charge >= 0.3 is 0 Å². The summed E-state index contributed by atoms with van der Waals surface area (Å²) in [7, 11) is 0. The Kier molecular flexibility index (Phi) is 4.90. The average molecular weight is 200 g/mol. The molecule has 1 rings (SSSR count). The predicted molar refractivity (Wildman–Crippen MR) is 58.0 cm³/mol. The molecule has 1 saturated carbocycles. The van der Waals surface area contributed by atoms with Crippen molar-refractivity contribution in [2.24, 2.45) is 11.8 Å². The molecule has 0 radical (unpaired) electrons. The molecule has 0 amide bonds. The molecule has 0 saturated heterocycles. The van der Waals surface area contributed by atoms with Gasteiger partial charge in [-0.05, 0) is 31.1 Å². The monoisotopic (exact) mass is 200 g/mol. The summed E-state index contributed by atoms with van der Waals surface area (Å²) < 4.78 is 0. The Labute approximate surface area is 87.3 Å². The van der Waals surface area contributed by atoms with Gasteiger partial charge in [0, 0.05) is 0 Å². The van der Waals surface area contributed by atoms with Crippen LogP contribution in [0.1, 0.15) is 52.4 Å². The van der Waals surface area contributed by atoms with Crippen molar-refractivity contribution in [2.75, 3.05) is 0 Å². The molecule has 1 fully saturated rings. The lowest BCUT2D eigenvalue weighted by Gasteiger charge is -2.32. The van der Waals surface area contributed by atoms with E-state index < -0.39 is 12.2 Å². The fourth-order valence-electron chi connectivity index (χ4n) is 2.49. The number of aliphatic hydroxyl groups is 2. The van der Waals surface area contributed by atoms with Gasteiger partial charge < -0.3 is 10.2 Å². The molecular formula is C12H24O2. The molecule has 0 aromatic carbocycles. The van der Waals surface area contributed by atoms with E-state index in [0.29, 0.717) is 12.3 Å². The molecule has 14 heavy (non-hydrogen) atoms. The topological polar surface area (TPSA) is 40.5 Å². The van der Waals surface area contributed by atoms with Crippen LogP contribution in [0.2, 0.25) is 0 Å².